The van der Waals surface area contributed by atoms with Gasteiger partial charge in [0.05, 0.1) is 13.2 Å². The summed E-state index contributed by atoms with van der Waals surface area (Å²) in [5.41, 5.74) is 2.53. The predicted octanol–water partition coefficient (Wildman–Crippen LogP) is 4.12. The summed E-state index contributed by atoms with van der Waals surface area (Å²) in [6, 6.07) is 8.81. The molecule has 0 bridgehead atoms. The largest absolute Gasteiger partial charge is 0.379 e. The van der Waals surface area contributed by atoms with Gasteiger partial charge in [-0.2, -0.15) is 0 Å². The number of thiocarbonyl (C=S) groups is 1. The Morgan fingerprint density at radius 2 is 1.73 bits per heavy atom. The third kappa shape index (κ3) is 9.63. The third-order valence-corrected chi connectivity index (χ3v) is 6.08. The van der Waals surface area contributed by atoms with Crippen molar-refractivity contribution in [1.82, 2.24) is 15.1 Å². The number of rotatable bonds is 13. The van der Waals surface area contributed by atoms with Gasteiger partial charge in [0, 0.05) is 59.1 Å². The van der Waals surface area contributed by atoms with Crippen LogP contribution in [0, 0.1) is 0 Å². The number of unbranched alkanes of at least 4 members (excludes halogenated alkanes) is 4. The first-order valence-electron chi connectivity index (χ1n) is 11.7. The summed E-state index contributed by atoms with van der Waals surface area (Å²) in [4.78, 5) is 6.97. The number of nitrogens with zero attached hydrogens (tertiary/aromatic N) is 3. The Kier molecular flexibility index (Phi) is 12.1. The molecule has 0 unspecified atom stereocenters. The van der Waals surface area contributed by atoms with Gasteiger partial charge in [-0.15, -0.1) is 0 Å². The molecule has 0 saturated carbocycles. The Morgan fingerprint density at radius 1 is 1.03 bits per heavy atom. The standard InChI is InChI=1S/C24H42N4OS/c1-4-5-6-7-8-14-25-24(30)28(16-9-15-27-17-19-29-20-18-27)21-22-10-12-23(13-11-22)26(2)3/h10-13H,4-9,14-21H2,1-3H3,(H,25,30). The molecule has 1 aliphatic rings. The van der Waals surface area contributed by atoms with Gasteiger partial charge in [-0.1, -0.05) is 44.7 Å². The van der Waals surface area contributed by atoms with E-state index in [1.807, 2.05) is 0 Å². The number of nitrogens with one attached hydrogen (secondary N) is 1. The van der Waals surface area contributed by atoms with Crippen molar-refractivity contribution in [2.24, 2.45) is 0 Å². The minimum atomic E-state index is 0.860. The smallest absolute Gasteiger partial charge is 0.169 e. The van der Waals surface area contributed by atoms with E-state index < -0.39 is 0 Å². The van der Waals surface area contributed by atoms with Gasteiger partial charge in [0.15, 0.2) is 5.11 Å². The second kappa shape index (κ2) is 14.6. The summed E-state index contributed by atoms with van der Waals surface area (Å²) in [6.45, 7) is 10.0. The lowest BCUT2D eigenvalue weighted by atomic mass is 10.1. The molecule has 0 radical (unpaired) electrons. The van der Waals surface area contributed by atoms with Crippen molar-refractivity contribution in [3.05, 3.63) is 29.8 Å². The number of morpholine rings is 1. The van der Waals surface area contributed by atoms with Crippen LogP contribution in [0.2, 0.25) is 0 Å². The van der Waals surface area contributed by atoms with Crippen LogP contribution in [0.1, 0.15) is 51.0 Å². The first kappa shape index (κ1) is 24.9. The van der Waals surface area contributed by atoms with Crippen molar-refractivity contribution in [3.8, 4) is 0 Å². The zero-order chi connectivity index (χ0) is 21.6. The zero-order valence-electron chi connectivity index (χ0n) is 19.4. The van der Waals surface area contributed by atoms with Crippen molar-refractivity contribution in [1.29, 1.82) is 0 Å². The topological polar surface area (TPSA) is 31.0 Å². The first-order valence-corrected chi connectivity index (χ1v) is 12.1. The lowest BCUT2D eigenvalue weighted by Gasteiger charge is -2.30. The van der Waals surface area contributed by atoms with E-state index in [1.54, 1.807) is 0 Å². The second-order valence-electron chi connectivity index (χ2n) is 8.44. The Morgan fingerprint density at radius 3 is 2.40 bits per heavy atom. The van der Waals surface area contributed by atoms with E-state index in [4.69, 9.17) is 17.0 Å². The number of hydrogen-bond acceptors (Lipinski definition) is 4. The zero-order valence-corrected chi connectivity index (χ0v) is 20.2. The van der Waals surface area contributed by atoms with E-state index in [9.17, 15) is 0 Å². The molecule has 6 heteroatoms. The Hall–Kier alpha value is -1.37. The van der Waals surface area contributed by atoms with Gasteiger partial charge < -0.3 is 19.9 Å². The molecule has 1 aliphatic heterocycles. The van der Waals surface area contributed by atoms with E-state index in [1.165, 1.54) is 43.4 Å². The molecule has 5 nitrogen and oxygen atoms in total. The molecular formula is C24H42N4OS. The molecule has 1 aromatic carbocycles. The molecule has 0 aromatic heterocycles. The van der Waals surface area contributed by atoms with Crippen molar-refractivity contribution < 1.29 is 4.74 Å². The van der Waals surface area contributed by atoms with Crippen molar-refractivity contribution >= 4 is 23.0 Å². The van der Waals surface area contributed by atoms with Crippen molar-refractivity contribution in [2.45, 2.75) is 52.0 Å². The SMILES string of the molecule is CCCCCCCNC(=S)N(CCCN1CCOCC1)Cc1ccc(N(C)C)cc1. The molecule has 2 rings (SSSR count). The minimum absolute atomic E-state index is 0.860. The molecule has 1 saturated heterocycles. The van der Waals surface area contributed by atoms with Gasteiger partial charge in [0.2, 0.25) is 0 Å². The quantitative estimate of drug-likeness (QED) is 0.371. The fraction of sp³-hybridized carbons (Fsp3) is 0.708. The second-order valence-corrected chi connectivity index (χ2v) is 8.82. The van der Waals surface area contributed by atoms with Crippen LogP contribution < -0.4 is 10.2 Å². The van der Waals surface area contributed by atoms with Crippen LogP contribution in [0.5, 0.6) is 0 Å². The maximum absolute atomic E-state index is 5.79. The van der Waals surface area contributed by atoms with E-state index in [0.29, 0.717) is 0 Å². The Balaban J connectivity index is 1.84. The van der Waals surface area contributed by atoms with Crippen LogP contribution in [0.3, 0.4) is 0 Å². The normalized spacial score (nSPS) is 14.5. The highest BCUT2D eigenvalue weighted by atomic mass is 32.1. The highest BCUT2D eigenvalue weighted by Crippen LogP contribution is 2.14. The molecule has 1 fully saturated rings. The van der Waals surface area contributed by atoms with E-state index in [2.05, 4.69) is 65.3 Å². The molecular weight excluding hydrogens is 392 g/mol. The van der Waals surface area contributed by atoms with Crippen LogP contribution in [-0.2, 0) is 11.3 Å². The van der Waals surface area contributed by atoms with Gasteiger partial charge in [-0.3, -0.25) is 4.90 Å². The fourth-order valence-corrected chi connectivity index (χ4v) is 3.98. The van der Waals surface area contributed by atoms with Crippen molar-refractivity contribution in [2.75, 3.05) is 64.9 Å². The molecule has 0 amide bonds. The Labute approximate surface area is 189 Å². The Bertz CT molecular complexity index is 587. The van der Waals surface area contributed by atoms with Gasteiger partial charge in [-0.25, -0.2) is 0 Å². The summed E-state index contributed by atoms with van der Waals surface area (Å²) < 4.78 is 5.46. The van der Waals surface area contributed by atoms with Gasteiger partial charge >= 0.3 is 0 Å². The molecule has 0 spiro atoms. The van der Waals surface area contributed by atoms with Crippen LogP contribution >= 0.6 is 12.2 Å². The summed E-state index contributed by atoms with van der Waals surface area (Å²) in [5, 5.41) is 4.41. The highest BCUT2D eigenvalue weighted by molar-refractivity contribution is 7.80. The number of hydrogen-bond donors (Lipinski definition) is 1. The molecule has 1 heterocycles. The first-order chi connectivity index (χ1) is 14.6. The summed E-state index contributed by atoms with van der Waals surface area (Å²) in [6.07, 6.45) is 7.54. The lowest BCUT2D eigenvalue weighted by molar-refractivity contribution is 0.0367. The third-order valence-electron chi connectivity index (χ3n) is 5.68. The number of ether oxygens (including phenoxy) is 1. The lowest BCUT2D eigenvalue weighted by Crippen LogP contribution is -2.42. The molecule has 0 atom stereocenters. The average molecular weight is 435 g/mol. The van der Waals surface area contributed by atoms with E-state index in [-0.39, 0.29) is 0 Å². The van der Waals surface area contributed by atoms with Crippen LogP contribution in [0.4, 0.5) is 5.69 Å². The van der Waals surface area contributed by atoms with Crippen LogP contribution in [0.15, 0.2) is 24.3 Å². The number of benzene rings is 1. The van der Waals surface area contributed by atoms with Crippen molar-refractivity contribution in [3.63, 3.8) is 0 Å². The fourth-order valence-electron chi connectivity index (χ4n) is 3.72. The van der Waals surface area contributed by atoms with E-state index in [0.717, 1.165) is 64.0 Å². The van der Waals surface area contributed by atoms with Crippen LogP contribution in [0.25, 0.3) is 0 Å². The number of anilines is 1. The molecule has 0 aliphatic carbocycles. The maximum atomic E-state index is 5.79. The van der Waals surface area contributed by atoms with Crippen LogP contribution in [-0.4, -0.2) is 74.9 Å². The summed E-state index contributed by atoms with van der Waals surface area (Å²) in [5.74, 6) is 0. The molecule has 1 aromatic rings. The van der Waals surface area contributed by atoms with Gasteiger partial charge in [0.1, 0.15) is 0 Å². The average Bonchev–Trinajstić information content (AvgIpc) is 2.76. The summed E-state index contributed by atoms with van der Waals surface area (Å²) in [7, 11) is 4.15. The molecule has 30 heavy (non-hydrogen) atoms. The van der Waals surface area contributed by atoms with Gasteiger partial charge in [-0.05, 0) is 42.8 Å². The summed E-state index contributed by atoms with van der Waals surface area (Å²) >= 11 is 5.79. The monoisotopic (exact) mass is 434 g/mol. The maximum Gasteiger partial charge on any atom is 0.169 e. The van der Waals surface area contributed by atoms with Gasteiger partial charge in [0.25, 0.3) is 0 Å². The minimum Gasteiger partial charge on any atom is -0.379 e. The molecule has 170 valence electrons. The molecule has 1 N–H and O–H groups in total. The predicted molar refractivity (Wildman–Crippen MR) is 132 cm³/mol. The highest BCUT2D eigenvalue weighted by Gasteiger charge is 2.13. The van der Waals surface area contributed by atoms with E-state index >= 15 is 0 Å².